The summed E-state index contributed by atoms with van der Waals surface area (Å²) >= 11 is 25.2. The van der Waals surface area contributed by atoms with E-state index in [1.165, 1.54) is 4.90 Å². The van der Waals surface area contributed by atoms with Crippen molar-refractivity contribution in [1.82, 2.24) is 9.47 Å². The number of hydrogen-bond acceptors (Lipinski definition) is 3. The minimum Gasteiger partial charge on any atom is -0.318 e. The highest BCUT2D eigenvalue weighted by Crippen LogP contribution is 2.35. The van der Waals surface area contributed by atoms with Gasteiger partial charge in [0.05, 0.1) is 31.5 Å². The highest BCUT2D eigenvalue weighted by atomic mass is 35.5. The molecule has 3 aromatic rings. The standard InChI is InChI=1S/C23H16Cl4N2O2S/c1-12-7-15(13(2)29(12)16-4-6-18(25)20(27)10-16)9-21-22(30)28(23(31)32-21)11-14-3-5-17(24)19(26)8-14/h3-10H,11H2,1-2H3/b21-9+. The summed E-state index contributed by atoms with van der Waals surface area (Å²) in [4.78, 5) is 27.0. The summed E-state index contributed by atoms with van der Waals surface area (Å²) in [6.07, 6.45) is 1.75. The first-order valence-corrected chi connectivity index (χ1v) is 11.8. The van der Waals surface area contributed by atoms with Crippen LogP contribution in [-0.2, 0) is 11.3 Å². The Morgan fingerprint density at radius 1 is 0.875 bits per heavy atom. The number of halogens is 4. The van der Waals surface area contributed by atoms with Crippen LogP contribution >= 0.6 is 58.2 Å². The third kappa shape index (κ3) is 4.45. The van der Waals surface area contributed by atoms with Gasteiger partial charge in [0.25, 0.3) is 11.1 Å². The molecular formula is C23H16Cl4N2O2S. The Labute approximate surface area is 209 Å². The molecule has 2 aromatic carbocycles. The number of aryl methyl sites for hydroxylation is 1. The summed E-state index contributed by atoms with van der Waals surface area (Å²) in [5.74, 6) is -0.342. The van der Waals surface area contributed by atoms with E-state index in [0.717, 1.165) is 40.0 Å². The molecule has 0 unspecified atom stereocenters. The van der Waals surface area contributed by atoms with Gasteiger partial charge >= 0.3 is 0 Å². The third-order valence-electron chi connectivity index (χ3n) is 5.12. The summed E-state index contributed by atoms with van der Waals surface area (Å²) in [7, 11) is 0. The van der Waals surface area contributed by atoms with Crippen molar-refractivity contribution in [3.8, 4) is 5.69 Å². The normalized spacial score (nSPS) is 15.3. The van der Waals surface area contributed by atoms with E-state index in [1.54, 1.807) is 36.4 Å². The molecule has 4 rings (SSSR count). The van der Waals surface area contributed by atoms with E-state index in [1.807, 2.05) is 30.5 Å². The molecule has 4 nitrogen and oxygen atoms in total. The van der Waals surface area contributed by atoms with Gasteiger partial charge in [0.2, 0.25) is 0 Å². The van der Waals surface area contributed by atoms with Gasteiger partial charge in [-0.15, -0.1) is 0 Å². The number of aromatic nitrogens is 1. The van der Waals surface area contributed by atoms with E-state index in [-0.39, 0.29) is 17.7 Å². The molecule has 0 bridgehead atoms. The molecule has 9 heteroatoms. The van der Waals surface area contributed by atoms with E-state index >= 15 is 0 Å². The highest BCUT2D eigenvalue weighted by molar-refractivity contribution is 8.18. The second-order valence-corrected chi connectivity index (χ2v) is 9.90. The summed E-state index contributed by atoms with van der Waals surface area (Å²) in [5, 5.41) is 1.41. The zero-order chi connectivity index (χ0) is 23.2. The lowest BCUT2D eigenvalue weighted by Crippen LogP contribution is -2.27. The molecule has 2 amide bonds. The van der Waals surface area contributed by atoms with Gasteiger partial charge in [-0.3, -0.25) is 14.5 Å². The van der Waals surface area contributed by atoms with E-state index in [4.69, 9.17) is 46.4 Å². The average Bonchev–Trinajstić information content (AvgIpc) is 3.16. The lowest BCUT2D eigenvalue weighted by atomic mass is 10.2. The van der Waals surface area contributed by atoms with Crippen molar-refractivity contribution in [2.24, 2.45) is 0 Å². The molecule has 1 aliphatic heterocycles. The number of carbonyl (C=O) groups is 2. The fourth-order valence-electron chi connectivity index (χ4n) is 3.55. The molecule has 0 N–H and O–H groups in total. The minimum atomic E-state index is -0.342. The maximum Gasteiger partial charge on any atom is 0.293 e. The van der Waals surface area contributed by atoms with E-state index in [9.17, 15) is 9.59 Å². The van der Waals surface area contributed by atoms with Crippen LogP contribution < -0.4 is 0 Å². The molecular weight excluding hydrogens is 510 g/mol. The van der Waals surface area contributed by atoms with E-state index in [0.29, 0.717) is 25.0 Å². The lowest BCUT2D eigenvalue weighted by molar-refractivity contribution is -0.123. The van der Waals surface area contributed by atoms with E-state index in [2.05, 4.69) is 0 Å². The second-order valence-electron chi connectivity index (χ2n) is 7.28. The Bertz CT molecular complexity index is 1300. The topological polar surface area (TPSA) is 42.3 Å². The molecule has 164 valence electrons. The summed E-state index contributed by atoms with van der Waals surface area (Å²) in [6, 6.07) is 12.4. The predicted octanol–water partition coefficient (Wildman–Crippen LogP) is 7.94. The van der Waals surface area contributed by atoms with Gasteiger partial charge in [-0.2, -0.15) is 0 Å². The molecule has 0 radical (unpaired) electrons. The van der Waals surface area contributed by atoms with E-state index < -0.39 is 0 Å². The average molecular weight is 526 g/mol. The van der Waals surface area contributed by atoms with Crippen LogP contribution in [0, 0.1) is 13.8 Å². The number of rotatable bonds is 4. The van der Waals surface area contributed by atoms with Crippen molar-refractivity contribution in [3.05, 3.63) is 90.0 Å². The summed E-state index contributed by atoms with van der Waals surface area (Å²) in [5.41, 5.74) is 4.30. The fourth-order valence-corrected chi connectivity index (χ4v) is 5.00. The summed E-state index contributed by atoms with van der Waals surface area (Å²) < 4.78 is 2.02. The Morgan fingerprint density at radius 2 is 1.53 bits per heavy atom. The molecule has 2 heterocycles. The number of nitrogens with zero attached hydrogens (tertiary/aromatic N) is 2. The maximum absolute atomic E-state index is 12.9. The fraction of sp³-hybridized carbons (Fsp3) is 0.130. The first kappa shape index (κ1) is 23.3. The van der Waals surface area contributed by atoms with Crippen LogP contribution in [0.15, 0.2) is 47.4 Å². The van der Waals surface area contributed by atoms with Crippen LogP contribution in [0.2, 0.25) is 20.1 Å². The SMILES string of the molecule is Cc1cc(/C=C2/SC(=O)N(Cc3ccc(Cl)c(Cl)c3)C2=O)c(C)n1-c1ccc(Cl)c(Cl)c1. The molecule has 0 atom stereocenters. The van der Waals surface area contributed by atoms with Crippen molar-refractivity contribution in [2.45, 2.75) is 20.4 Å². The van der Waals surface area contributed by atoms with Gasteiger partial charge in [-0.1, -0.05) is 52.5 Å². The molecule has 0 saturated carbocycles. The third-order valence-corrected chi connectivity index (χ3v) is 7.50. The van der Waals surface area contributed by atoms with Crippen LogP contribution in [-0.4, -0.2) is 20.6 Å². The van der Waals surface area contributed by atoms with Gasteiger partial charge in [0.1, 0.15) is 0 Å². The number of benzene rings is 2. The first-order chi connectivity index (χ1) is 15.2. The van der Waals surface area contributed by atoms with Crippen molar-refractivity contribution < 1.29 is 9.59 Å². The number of carbonyl (C=O) groups excluding carboxylic acids is 2. The van der Waals surface area contributed by atoms with Gasteiger partial charge < -0.3 is 4.57 Å². The van der Waals surface area contributed by atoms with Crippen LogP contribution in [0.4, 0.5) is 4.79 Å². The maximum atomic E-state index is 12.9. The number of thioether (sulfide) groups is 1. The van der Waals surface area contributed by atoms with Crippen LogP contribution in [0.1, 0.15) is 22.5 Å². The lowest BCUT2D eigenvalue weighted by Gasteiger charge is -2.13. The molecule has 1 saturated heterocycles. The monoisotopic (exact) mass is 524 g/mol. The molecule has 0 aliphatic carbocycles. The zero-order valence-corrected chi connectivity index (χ0v) is 20.8. The van der Waals surface area contributed by atoms with Gasteiger partial charge in [0, 0.05) is 17.1 Å². The van der Waals surface area contributed by atoms with Crippen LogP contribution in [0.25, 0.3) is 11.8 Å². The van der Waals surface area contributed by atoms with Gasteiger partial charge in [-0.05, 0) is 79.2 Å². The predicted molar refractivity (Wildman–Crippen MR) is 133 cm³/mol. The first-order valence-electron chi connectivity index (χ1n) is 9.49. The minimum absolute atomic E-state index is 0.126. The number of hydrogen-bond donors (Lipinski definition) is 0. The van der Waals surface area contributed by atoms with Crippen LogP contribution in [0.3, 0.4) is 0 Å². The van der Waals surface area contributed by atoms with Crippen molar-refractivity contribution in [1.29, 1.82) is 0 Å². The second kappa shape index (κ2) is 9.16. The van der Waals surface area contributed by atoms with Crippen LogP contribution in [0.5, 0.6) is 0 Å². The largest absolute Gasteiger partial charge is 0.318 e. The van der Waals surface area contributed by atoms with Gasteiger partial charge in [0.15, 0.2) is 0 Å². The highest BCUT2D eigenvalue weighted by Gasteiger charge is 2.35. The Kier molecular flexibility index (Phi) is 6.66. The zero-order valence-electron chi connectivity index (χ0n) is 17.0. The van der Waals surface area contributed by atoms with Crippen molar-refractivity contribution in [2.75, 3.05) is 0 Å². The van der Waals surface area contributed by atoms with Crippen molar-refractivity contribution in [3.63, 3.8) is 0 Å². The molecule has 32 heavy (non-hydrogen) atoms. The van der Waals surface area contributed by atoms with Crippen molar-refractivity contribution >= 4 is 75.4 Å². The number of imide groups is 1. The number of amides is 2. The summed E-state index contributed by atoms with van der Waals surface area (Å²) in [6.45, 7) is 4.03. The van der Waals surface area contributed by atoms with Gasteiger partial charge in [-0.25, -0.2) is 0 Å². The Hall–Kier alpha value is -1.89. The Balaban J connectivity index is 1.63. The smallest absolute Gasteiger partial charge is 0.293 e. The molecule has 1 aromatic heterocycles. The molecule has 1 aliphatic rings. The quantitative estimate of drug-likeness (QED) is 0.324. The Morgan fingerprint density at radius 3 is 2.19 bits per heavy atom. The molecule has 1 fully saturated rings. The molecule has 0 spiro atoms.